The molecule has 0 bridgehead atoms. The van der Waals surface area contributed by atoms with Crippen LogP contribution < -0.4 is 5.32 Å². The number of para-hydroxylation sites is 1. The van der Waals surface area contributed by atoms with Crippen molar-refractivity contribution in [1.29, 1.82) is 0 Å². The largest absolute Gasteiger partial charge is 0.322 e. The number of hydrogen-bond acceptors (Lipinski definition) is 1. The molecule has 0 heterocycles. The Bertz CT molecular complexity index is 566. The van der Waals surface area contributed by atoms with Crippen molar-refractivity contribution in [3.05, 3.63) is 65.5 Å². The highest BCUT2D eigenvalue weighted by Gasteiger charge is 2.19. The molecule has 0 aliphatic carbocycles. The number of aryl methyl sites for hydroxylation is 1. The van der Waals surface area contributed by atoms with Gasteiger partial charge >= 0.3 is 0 Å². The van der Waals surface area contributed by atoms with E-state index in [0.29, 0.717) is 11.1 Å². The highest BCUT2D eigenvalue weighted by Crippen LogP contribution is 2.24. The normalized spacial score (nSPS) is 11.9. The molecule has 98 valence electrons. The summed E-state index contributed by atoms with van der Waals surface area (Å²) in [6, 6.07) is 13.6. The second-order valence-electron chi connectivity index (χ2n) is 4.19. The fourth-order valence-corrected chi connectivity index (χ4v) is 1.95. The number of carbonyl (C=O) groups excluding carboxylic acids is 1. The smallest absolute Gasteiger partial charge is 0.247 e. The van der Waals surface area contributed by atoms with E-state index in [1.165, 1.54) is 6.07 Å². The lowest BCUT2D eigenvalue weighted by Gasteiger charge is -2.13. The van der Waals surface area contributed by atoms with E-state index in [1.807, 2.05) is 6.07 Å². The van der Waals surface area contributed by atoms with Gasteiger partial charge in [0.25, 0.3) is 0 Å². The van der Waals surface area contributed by atoms with Crippen LogP contribution in [0.2, 0.25) is 0 Å². The van der Waals surface area contributed by atoms with E-state index in [-0.39, 0.29) is 5.69 Å². The van der Waals surface area contributed by atoms with Crippen molar-refractivity contribution in [3.8, 4) is 0 Å². The van der Waals surface area contributed by atoms with Crippen LogP contribution in [0.15, 0.2) is 48.5 Å². The first-order chi connectivity index (χ1) is 9.09. The van der Waals surface area contributed by atoms with Crippen LogP contribution in [0.4, 0.5) is 10.1 Å². The zero-order chi connectivity index (χ0) is 13.8. The summed E-state index contributed by atoms with van der Waals surface area (Å²) in [4.78, 5) is 12.0. The van der Waals surface area contributed by atoms with Gasteiger partial charge in [0, 0.05) is 0 Å². The summed E-state index contributed by atoms with van der Waals surface area (Å²) in [6.07, 6.45) is 0. The standard InChI is InChI=1S/C15H13ClFNO/c1-10-6-5-9-12(17)14(10)18-15(19)13(16)11-7-3-2-4-8-11/h2-9,13H,1H3,(H,18,19). The van der Waals surface area contributed by atoms with Crippen LogP contribution >= 0.6 is 11.6 Å². The summed E-state index contributed by atoms with van der Waals surface area (Å²) in [6.45, 7) is 1.73. The summed E-state index contributed by atoms with van der Waals surface area (Å²) >= 11 is 6.08. The van der Waals surface area contributed by atoms with Crippen molar-refractivity contribution in [2.75, 3.05) is 5.32 Å². The van der Waals surface area contributed by atoms with Crippen LogP contribution in [0.1, 0.15) is 16.5 Å². The Morgan fingerprint density at radius 3 is 2.47 bits per heavy atom. The van der Waals surface area contributed by atoms with Gasteiger partial charge in [0.2, 0.25) is 5.91 Å². The number of alkyl halides is 1. The number of rotatable bonds is 3. The third kappa shape index (κ3) is 3.12. The molecule has 0 aromatic heterocycles. The summed E-state index contributed by atoms with van der Waals surface area (Å²) in [5.41, 5.74) is 1.51. The fraction of sp³-hybridized carbons (Fsp3) is 0.133. The monoisotopic (exact) mass is 277 g/mol. The van der Waals surface area contributed by atoms with Crippen LogP contribution in [-0.4, -0.2) is 5.91 Å². The van der Waals surface area contributed by atoms with Crippen LogP contribution in [0, 0.1) is 12.7 Å². The molecule has 0 spiro atoms. The van der Waals surface area contributed by atoms with Gasteiger partial charge in [-0.2, -0.15) is 0 Å². The van der Waals surface area contributed by atoms with Crippen molar-refractivity contribution in [1.82, 2.24) is 0 Å². The van der Waals surface area contributed by atoms with Gasteiger partial charge in [-0.3, -0.25) is 4.79 Å². The van der Waals surface area contributed by atoms with E-state index < -0.39 is 17.1 Å². The molecule has 1 amide bonds. The highest BCUT2D eigenvalue weighted by molar-refractivity contribution is 6.32. The van der Waals surface area contributed by atoms with Gasteiger partial charge in [-0.15, -0.1) is 11.6 Å². The first-order valence-electron chi connectivity index (χ1n) is 5.84. The van der Waals surface area contributed by atoms with Crippen molar-refractivity contribution in [2.45, 2.75) is 12.3 Å². The topological polar surface area (TPSA) is 29.1 Å². The maximum Gasteiger partial charge on any atom is 0.247 e. The second kappa shape index (κ2) is 5.85. The minimum absolute atomic E-state index is 0.175. The molecule has 1 unspecified atom stereocenters. The fourth-order valence-electron chi connectivity index (χ4n) is 1.75. The molecule has 0 radical (unpaired) electrons. The van der Waals surface area contributed by atoms with Gasteiger partial charge in [0.1, 0.15) is 11.2 Å². The minimum Gasteiger partial charge on any atom is -0.322 e. The summed E-state index contributed by atoms with van der Waals surface area (Å²) in [5.74, 6) is -0.911. The zero-order valence-electron chi connectivity index (χ0n) is 10.4. The molecule has 2 nitrogen and oxygen atoms in total. The second-order valence-corrected chi connectivity index (χ2v) is 4.63. The number of amides is 1. The number of anilines is 1. The quantitative estimate of drug-likeness (QED) is 0.843. The zero-order valence-corrected chi connectivity index (χ0v) is 11.1. The minimum atomic E-state index is -0.847. The van der Waals surface area contributed by atoms with Crippen LogP contribution in [0.5, 0.6) is 0 Å². The molecule has 1 N–H and O–H groups in total. The molecule has 0 saturated carbocycles. The lowest BCUT2D eigenvalue weighted by atomic mass is 10.1. The average molecular weight is 278 g/mol. The van der Waals surface area contributed by atoms with Gasteiger partial charge in [0.05, 0.1) is 5.69 Å². The van der Waals surface area contributed by atoms with Crippen molar-refractivity contribution in [2.24, 2.45) is 0 Å². The molecular weight excluding hydrogens is 265 g/mol. The lowest BCUT2D eigenvalue weighted by molar-refractivity contribution is -0.116. The number of carbonyl (C=O) groups is 1. The van der Waals surface area contributed by atoms with Crippen LogP contribution in [0.3, 0.4) is 0 Å². The van der Waals surface area contributed by atoms with Gasteiger partial charge in [-0.1, -0.05) is 42.5 Å². The van der Waals surface area contributed by atoms with Crippen LogP contribution in [-0.2, 0) is 4.79 Å². The summed E-state index contributed by atoms with van der Waals surface area (Å²) < 4.78 is 13.6. The number of benzene rings is 2. The third-order valence-corrected chi connectivity index (χ3v) is 3.24. The molecule has 2 rings (SSSR count). The van der Waals surface area contributed by atoms with E-state index in [1.54, 1.807) is 43.3 Å². The Balaban J connectivity index is 2.18. The predicted molar refractivity (Wildman–Crippen MR) is 74.8 cm³/mol. The highest BCUT2D eigenvalue weighted by atomic mass is 35.5. The summed E-state index contributed by atoms with van der Waals surface area (Å²) in [5, 5.41) is 1.68. The van der Waals surface area contributed by atoms with Crippen molar-refractivity contribution < 1.29 is 9.18 Å². The van der Waals surface area contributed by atoms with Crippen LogP contribution in [0.25, 0.3) is 0 Å². The molecular formula is C15H13ClFNO. The molecule has 0 saturated heterocycles. The van der Waals surface area contributed by atoms with Gasteiger partial charge in [-0.05, 0) is 24.1 Å². The Kier molecular flexibility index (Phi) is 4.17. The molecule has 1 atom stereocenters. The molecule has 19 heavy (non-hydrogen) atoms. The van der Waals surface area contributed by atoms with E-state index in [0.717, 1.165) is 0 Å². The maximum atomic E-state index is 13.6. The SMILES string of the molecule is Cc1cccc(F)c1NC(=O)C(Cl)c1ccccc1. The number of hydrogen-bond donors (Lipinski definition) is 1. The first-order valence-corrected chi connectivity index (χ1v) is 6.28. The van der Waals surface area contributed by atoms with Crippen molar-refractivity contribution in [3.63, 3.8) is 0 Å². The lowest BCUT2D eigenvalue weighted by Crippen LogP contribution is -2.18. The molecule has 0 fully saturated rings. The van der Waals surface area contributed by atoms with E-state index in [2.05, 4.69) is 5.32 Å². The summed E-state index contributed by atoms with van der Waals surface area (Å²) in [7, 11) is 0. The molecule has 0 aliphatic heterocycles. The van der Waals surface area contributed by atoms with Gasteiger partial charge in [-0.25, -0.2) is 4.39 Å². The predicted octanol–water partition coefficient (Wildman–Crippen LogP) is 4.05. The average Bonchev–Trinajstić information content (AvgIpc) is 2.43. The Labute approximate surface area is 116 Å². The molecule has 2 aromatic carbocycles. The maximum absolute atomic E-state index is 13.6. The molecule has 0 aliphatic rings. The Morgan fingerprint density at radius 2 is 1.84 bits per heavy atom. The van der Waals surface area contributed by atoms with Gasteiger partial charge < -0.3 is 5.32 Å². The van der Waals surface area contributed by atoms with E-state index in [4.69, 9.17) is 11.6 Å². The number of halogens is 2. The van der Waals surface area contributed by atoms with E-state index in [9.17, 15) is 9.18 Å². The Morgan fingerprint density at radius 1 is 1.16 bits per heavy atom. The molecule has 2 aromatic rings. The van der Waals surface area contributed by atoms with Crippen molar-refractivity contribution >= 4 is 23.2 Å². The third-order valence-electron chi connectivity index (χ3n) is 2.79. The molecule has 4 heteroatoms. The first kappa shape index (κ1) is 13.6. The number of nitrogens with one attached hydrogen (secondary N) is 1. The Hall–Kier alpha value is -1.87. The van der Waals surface area contributed by atoms with E-state index >= 15 is 0 Å². The van der Waals surface area contributed by atoms with Gasteiger partial charge in [0.15, 0.2) is 0 Å².